The molecule has 6 nitrogen and oxygen atoms in total. The second kappa shape index (κ2) is 14.7. The number of hydrogen-bond acceptors (Lipinski definition) is 5. The third kappa shape index (κ3) is 19.8. The zero-order chi connectivity index (χ0) is 15.8. The van der Waals surface area contributed by atoms with Crippen LogP contribution in [0.4, 0.5) is 0 Å². The van der Waals surface area contributed by atoms with Crippen molar-refractivity contribution in [2.75, 3.05) is 19.8 Å². The van der Waals surface area contributed by atoms with E-state index >= 15 is 0 Å². The summed E-state index contributed by atoms with van der Waals surface area (Å²) >= 11 is 0. The molecule has 0 unspecified atom stereocenters. The zero-order valence-electron chi connectivity index (χ0n) is 13.1. The van der Waals surface area contributed by atoms with E-state index in [0.29, 0.717) is 6.61 Å². The van der Waals surface area contributed by atoms with E-state index in [-0.39, 0.29) is 13.2 Å². The van der Waals surface area contributed by atoms with Gasteiger partial charge in [-0.25, -0.2) is 14.0 Å². The summed E-state index contributed by atoms with van der Waals surface area (Å²) < 4.78 is 32.7. The highest BCUT2D eigenvalue weighted by atomic mass is 32.3. The molecule has 0 saturated heterocycles. The van der Waals surface area contributed by atoms with Gasteiger partial charge in [0.05, 0.1) is 13.2 Å². The van der Waals surface area contributed by atoms with Crippen LogP contribution in [-0.2, 0) is 24.4 Å². The van der Waals surface area contributed by atoms with Gasteiger partial charge in [-0.2, -0.15) is 8.42 Å². The summed E-state index contributed by atoms with van der Waals surface area (Å²) in [7, 11) is -4.38. The van der Waals surface area contributed by atoms with Gasteiger partial charge in [0.25, 0.3) is 0 Å². The molecule has 128 valence electrons. The largest absolute Gasteiger partial charge is 0.397 e. The molecule has 0 aromatic rings. The minimum absolute atomic E-state index is 0.0302. The van der Waals surface area contributed by atoms with Crippen molar-refractivity contribution in [3.8, 4) is 0 Å². The Morgan fingerprint density at radius 2 is 1.19 bits per heavy atom. The Hall–Kier alpha value is -0.210. The van der Waals surface area contributed by atoms with Crippen molar-refractivity contribution in [3.63, 3.8) is 0 Å². The van der Waals surface area contributed by atoms with Crippen LogP contribution in [0, 0.1) is 0 Å². The molecule has 0 aliphatic rings. The monoisotopic (exact) mass is 326 g/mol. The highest BCUT2D eigenvalue weighted by Crippen LogP contribution is 2.10. The smallest absolute Gasteiger partial charge is 0.264 e. The van der Waals surface area contributed by atoms with Gasteiger partial charge >= 0.3 is 10.4 Å². The lowest BCUT2D eigenvalue weighted by Crippen LogP contribution is -2.10. The average Bonchev–Trinajstić information content (AvgIpc) is 2.42. The predicted octanol–water partition coefficient (Wildman–Crippen LogP) is 3.67. The van der Waals surface area contributed by atoms with Crippen LogP contribution < -0.4 is 0 Å². The second-order valence-corrected chi connectivity index (χ2v) is 6.17. The van der Waals surface area contributed by atoms with Crippen molar-refractivity contribution < 1.29 is 26.9 Å². The molecule has 0 heterocycles. The Kier molecular flexibility index (Phi) is 14.6. The first kappa shape index (κ1) is 20.8. The van der Waals surface area contributed by atoms with Crippen molar-refractivity contribution in [3.05, 3.63) is 0 Å². The van der Waals surface area contributed by atoms with Crippen LogP contribution in [-0.4, -0.2) is 32.8 Å². The maximum absolute atomic E-state index is 10.2. The third-order valence-electron chi connectivity index (χ3n) is 3.06. The molecular weight excluding hydrogens is 296 g/mol. The Morgan fingerprint density at radius 3 is 1.71 bits per heavy atom. The van der Waals surface area contributed by atoms with Gasteiger partial charge < -0.3 is 0 Å². The van der Waals surface area contributed by atoms with E-state index in [0.717, 1.165) is 12.8 Å². The zero-order valence-corrected chi connectivity index (χ0v) is 13.9. The van der Waals surface area contributed by atoms with Crippen molar-refractivity contribution in [2.45, 2.75) is 71.1 Å². The molecule has 0 aromatic heterocycles. The average molecular weight is 326 g/mol. The Bertz CT molecular complexity index is 305. The van der Waals surface area contributed by atoms with Gasteiger partial charge in [-0.1, -0.05) is 64.7 Å². The van der Waals surface area contributed by atoms with Crippen LogP contribution in [0.25, 0.3) is 0 Å². The van der Waals surface area contributed by atoms with Gasteiger partial charge in [-0.05, 0) is 6.42 Å². The summed E-state index contributed by atoms with van der Waals surface area (Å²) in [6, 6.07) is 0. The minimum atomic E-state index is -4.38. The molecule has 0 aliphatic heterocycles. The molecule has 0 rings (SSSR count). The third-order valence-corrected chi connectivity index (χ3v) is 3.53. The van der Waals surface area contributed by atoms with Gasteiger partial charge in [-0.3, -0.25) is 4.55 Å². The van der Waals surface area contributed by atoms with Crippen molar-refractivity contribution >= 4 is 10.4 Å². The Balaban J connectivity index is 3.03. The van der Waals surface area contributed by atoms with Gasteiger partial charge in [0.1, 0.15) is 6.61 Å². The lowest BCUT2D eigenvalue weighted by atomic mass is 10.1. The van der Waals surface area contributed by atoms with E-state index in [1.54, 1.807) is 0 Å². The van der Waals surface area contributed by atoms with Crippen LogP contribution in [0.2, 0.25) is 0 Å². The molecule has 0 radical (unpaired) electrons. The Morgan fingerprint density at radius 1 is 0.714 bits per heavy atom. The topological polar surface area (TPSA) is 82.1 Å². The fourth-order valence-electron chi connectivity index (χ4n) is 1.94. The van der Waals surface area contributed by atoms with E-state index in [1.165, 1.54) is 51.4 Å². The summed E-state index contributed by atoms with van der Waals surface area (Å²) in [6.07, 6.45) is 12.5. The highest BCUT2D eigenvalue weighted by molar-refractivity contribution is 7.80. The van der Waals surface area contributed by atoms with Gasteiger partial charge in [0.2, 0.25) is 0 Å². The standard InChI is InChI=1S/C14H30O6S/c1-2-3-4-5-6-7-8-9-10-11-12-18-19-13-14-20-21(15,16)17/h2-14H2,1H3,(H,15,16,17). The Labute approximate surface area is 129 Å². The summed E-state index contributed by atoms with van der Waals surface area (Å²) in [5.74, 6) is 0. The molecule has 0 spiro atoms. The molecule has 7 heteroatoms. The summed E-state index contributed by atoms with van der Waals surface area (Å²) in [5.41, 5.74) is 0. The van der Waals surface area contributed by atoms with E-state index in [1.807, 2.05) is 0 Å². The van der Waals surface area contributed by atoms with Crippen molar-refractivity contribution in [1.82, 2.24) is 0 Å². The van der Waals surface area contributed by atoms with E-state index in [2.05, 4.69) is 11.1 Å². The molecule has 0 amide bonds. The molecule has 0 fully saturated rings. The highest BCUT2D eigenvalue weighted by Gasteiger charge is 2.03. The SMILES string of the molecule is CCCCCCCCCCCCOOCCOS(=O)(=O)O. The number of rotatable bonds is 16. The number of hydrogen-bond donors (Lipinski definition) is 1. The maximum atomic E-state index is 10.2. The molecule has 1 N–H and O–H groups in total. The molecule has 0 aliphatic carbocycles. The molecular formula is C14H30O6S. The quantitative estimate of drug-likeness (QED) is 0.202. The van der Waals surface area contributed by atoms with Crippen molar-refractivity contribution in [1.29, 1.82) is 0 Å². The van der Waals surface area contributed by atoms with Crippen LogP contribution in [0.5, 0.6) is 0 Å². The van der Waals surface area contributed by atoms with Crippen LogP contribution in [0.1, 0.15) is 71.1 Å². The summed E-state index contributed by atoms with van der Waals surface area (Å²) in [4.78, 5) is 9.58. The maximum Gasteiger partial charge on any atom is 0.397 e. The molecule has 0 aromatic carbocycles. The first-order valence-electron chi connectivity index (χ1n) is 7.92. The molecule has 0 atom stereocenters. The molecule has 0 saturated carbocycles. The molecule has 0 bridgehead atoms. The van der Waals surface area contributed by atoms with Gasteiger partial charge in [0, 0.05) is 0 Å². The fourth-order valence-corrected chi connectivity index (χ4v) is 2.22. The second-order valence-electron chi connectivity index (χ2n) is 5.08. The van der Waals surface area contributed by atoms with Gasteiger partial charge in [0.15, 0.2) is 0 Å². The van der Waals surface area contributed by atoms with E-state index in [4.69, 9.17) is 14.3 Å². The normalized spacial score (nSPS) is 11.9. The molecule has 21 heavy (non-hydrogen) atoms. The lowest BCUT2D eigenvalue weighted by Gasteiger charge is -2.04. The van der Waals surface area contributed by atoms with E-state index < -0.39 is 10.4 Å². The predicted molar refractivity (Wildman–Crippen MR) is 81.2 cm³/mol. The minimum Gasteiger partial charge on any atom is -0.264 e. The van der Waals surface area contributed by atoms with Gasteiger partial charge in [-0.15, -0.1) is 0 Å². The summed E-state index contributed by atoms with van der Waals surface area (Å²) in [6.45, 7) is 2.43. The van der Waals surface area contributed by atoms with Crippen LogP contribution >= 0.6 is 0 Å². The first-order chi connectivity index (χ1) is 10.1. The fraction of sp³-hybridized carbons (Fsp3) is 1.00. The summed E-state index contributed by atoms with van der Waals surface area (Å²) in [5, 5.41) is 0. The van der Waals surface area contributed by atoms with E-state index in [9.17, 15) is 8.42 Å². The van der Waals surface area contributed by atoms with Crippen molar-refractivity contribution in [2.24, 2.45) is 0 Å². The lowest BCUT2D eigenvalue weighted by molar-refractivity contribution is -0.297. The van der Waals surface area contributed by atoms with Crippen LogP contribution in [0.15, 0.2) is 0 Å². The van der Waals surface area contributed by atoms with Crippen LogP contribution in [0.3, 0.4) is 0 Å². The number of unbranched alkanes of at least 4 members (excludes halogenated alkanes) is 9. The first-order valence-corrected chi connectivity index (χ1v) is 9.29.